The lowest BCUT2D eigenvalue weighted by atomic mass is 9.42. The third-order valence-corrected chi connectivity index (χ3v) is 4.21. The van der Waals surface area contributed by atoms with Gasteiger partial charge in [-0.1, -0.05) is 22.4 Å². The Bertz CT molecular complexity index is 1010. The summed E-state index contributed by atoms with van der Waals surface area (Å²) in [6.45, 7) is 0.317. The van der Waals surface area contributed by atoms with Crippen LogP contribution < -0.4 is 10.1 Å². The maximum absolute atomic E-state index is 12.4. The number of fused-ring (bicyclic) bond motifs is 1. The number of aryl methyl sites for hydroxylation is 1. The number of aromatic nitrogens is 4. The molecule has 128 valence electrons. The number of ether oxygens (including phenoxy) is 1. The van der Waals surface area contributed by atoms with Crippen molar-refractivity contribution in [3.63, 3.8) is 0 Å². The molecule has 4 rings (SSSR count). The SMILES string of the molecule is [B]C([B])([B])c1nc(-c2ccc3c(c2)OC[C@H]3NC(=O)c2ccnn2C)no1. The van der Waals surface area contributed by atoms with E-state index in [1.54, 1.807) is 31.4 Å². The molecule has 1 amide bonds. The lowest BCUT2D eigenvalue weighted by Crippen LogP contribution is -2.30. The third kappa shape index (κ3) is 3.25. The minimum atomic E-state index is -1.71. The van der Waals surface area contributed by atoms with Crippen molar-refractivity contribution in [1.29, 1.82) is 0 Å². The first kappa shape index (κ1) is 17.4. The molecule has 0 aliphatic carbocycles. The van der Waals surface area contributed by atoms with Crippen LogP contribution in [0.15, 0.2) is 35.0 Å². The van der Waals surface area contributed by atoms with Crippen molar-refractivity contribution in [2.24, 2.45) is 7.05 Å². The van der Waals surface area contributed by atoms with E-state index in [9.17, 15) is 4.79 Å². The Morgan fingerprint density at radius 3 is 2.81 bits per heavy atom. The van der Waals surface area contributed by atoms with Crippen molar-refractivity contribution in [2.45, 2.75) is 11.2 Å². The van der Waals surface area contributed by atoms with Crippen molar-refractivity contribution in [1.82, 2.24) is 25.2 Å². The second kappa shape index (κ2) is 6.33. The van der Waals surface area contributed by atoms with Crippen molar-refractivity contribution >= 4 is 29.4 Å². The third-order valence-electron chi connectivity index (χ3n) is 4.21. The molecule has 6 radical (unpaired) electrons. The summed E-state index contributed by atoms with van der Waals surface area (Å²) in [7, 11) is 18.3. The maximum atomic E-state index is 12.4. The van der Waals surface area contributed by atoms with E-state index in [1.807, 2.05) is 6.07 Å². The van der Waals surface area contributed by atoms with Crippen LogP contribution >= 0.6 is 0 Å². The Balaban J connectivity index is 1.55. The zero-order valence-electron chi connectivity index (χ0n) is 14.4. The standard InChI is InChI=1S/C16H12B3N5O3/c1-24-11(4-5-20-24)14(25)21-10-7-26-12-6-8(2-3-9(10)12)13-22-15(27-23-13)16(17,18)19/h2-6,10H,7H2,1H3,(H,21,25)/t10-/m1/s1. The summed E-state index contributed by atoms with van der Waals surface area (Å²) in [5, 5.41) is 9.05. The molecule has 1 aliphatic rings. The fourth-order valence-corrected chi connectivity index (χ4v) is 2.81. The molecule has 1 aromatic carbocycles. The molecule has 1 atom stereocenters. The Hall–Kier alpha value is -2.97. The molecule has 0 saturated heterocycles. The highest BCUT2D eigenvalue weighted by atomic mass is 16.5. The minimum absolute atomic E-state index is 0.0831. The van der Waals surface area contributed by atoms with Gasteiger partial charge in [0, 0.05) is 24.4 Å². The van der Waals surface area contributed by atoms with Crippen LogP contribution in [0.4, 0.5) is 0 Å². The summed E-state index contributed by atoms with van der Waals surface area (Å²) >= 11 is 0. The molecular formula is C16H12B3N5O3. The van der Waals surface area contributed by atoms with Crippen LogP contribution in [0.2, 0.25) is 0 Å². The predicted molar refractivity (Wildman–Crippen MR) is 97.6 cm³/mol. The Kier molecular flexibility index (Phi) is 4.09. The number of nitrogens with one attached hydrogen (secondary N) is 1. The molecule has 27 heavy (non-hydrogen) atoms. The highest BCUT2D eigenvalue weighted by molar-refractivity contribution is 6.58. The zero-order valence-corrected chi connectivity index (χ0v) is 14.4. The smallest absolute Gasteiger partial charge is 0.270 e. The topological polar surface area (TPSA) is 95.1 Å². The lowest BCUT2D eigenvalue weighted by Gasteiger charge is -2.12. The van der Waals surface area contributed by atoms with Gasteiger partial charge in [-0.25, -0.2) is 0 Å². The zero-order chi connectivity index (χ0) is 19.2. The summed E-state index contributed by atoms with van der Waals surface area (Å²) in [6, 6.07) is 6.75. The van der Waals surface area contributed by atoms with Crippen molar-refractivity contribution in [3.05, 3.63) is 47.6 Å². The molecule has 0 unspecified atom stereocenters. The highest BCUT2D eigenvalue weighted by Gasteiger charge is 2.28. The normalized spacial score (nSPS) is 16.0. The van der Waals surface area contributed by atoms with E-state index in [-0.39, 0.29) is 23.7 Å². The highest BCUT2D eigenvalue weighted by Crippen LogP contribution is 2.35. The predicted octanol–water partition coefficient (Wildman–Crippen LogP) is -0.0506. The van der Waals surface area contributed by atoms with Gasteiger partial charge in [0.25, 0.3) is 5.91 Å². The van der Waals surface area contributed by atoms with Crippen molar-refractivity contribution in [3.8, 4) is 17.1 Å². The molecule has 1 aliphatic heterocycles. The van der Waals surface area contributed by atoms with E-state index in [0.717, 1.165) is 5.56 Å². The van der Waals surface area contributed by atoms with Crippen LogP contribution in [0.3, 0.4) is 0 Å². The summed E-state index contributed by atoms with van der Waals surface area (Å²) in [5.74, 6) is 0.590. The molecule has 0 fully saturated rings. The minimum Gasteiger partial charge on any atom is -0.491 e. The van der Waals surface area contributed by atoms with Crippen molar-refractivity contribution in [2.75, 3.05) is 6.61 Å². The van der Waals surface area contributed by atoms with E-state index in [4.69, 9.17) is 32.8 Å². The number of benzene rings is 1. The van der Waals surface area contributed by atoms with E-state index < -0.39 is 5.11 Å². The van der Waals surface area contributed by atoms with Crippen molar-refractivity contribution < 1.29 is 14.1 Å². The van der Waals surface area contributed by atoms with Gasteiger partial charge in [-0.05, 0) is 12.1 Å². The lowest BCUT2D eigenvalue weighted by molar-refractivity contribution is 0.0920. The van der Waals surface area contributed by atoms with Gasteiger partial charge < -0.3 is 14.6 Å². The number of amides is 1. The molecular weight excluding hydrogens is 343 g/mol. The van der Waals surface area contributed by atoms with Gasteiger partial charge in [0.15, 0.2) is 0 Å². The second-order valence-corrected chi connectivity index (χ2v) is 6.29. The fraction of sp³-hybridized carbons (Fsp3) is 0.250. The van der Waals surface area contributed by atoms with Crippen LogP contribution in [0, 0.1) is 0 Å². The van der Waals surface area contributed by atoms with Gasteiger partial charge in [-0.15, -0.1) is 0 Å². The van der Waals surface area contributed by atoms with Gasteiger partial charge in [-0.2, -0.15) is 10.1 Å². The molecule has 0 saturated carbocycles. The molecule has 3 aromatic rings. The average Bonchev–Trinajstić information content (AvgIpc) is 3.33. The first-order valence-corrected chi connectivity index (χ1v) is 8.10. The van der Waals surface area contributed by atoms with E-state index in [0.29, 0.717) is 23.6 Å². The van der Waals surface area contributed by atoms with Gasteiger partial charge in [0.2, 0.25) is 11.7 Å². The molecule has 0 spiro atoms. The molecule has 8 nitrogen and oxygen atoms in total. The van der Waals surface area contributed by atoms with Crippen LogP contribution in [0.1, 0.15) is 28.0 Å². The summed E-state index contributed by atoms with van der Waals surface area (Å²) in [4.78, 5) is 16.5. The van der Waals surface area contributed by atoms with E-state index >= 15 is 0 Å². The number of carbonyl (C=O) groups excluding carboxylic acids is 1. The van der Waals surface area contributed by atoms with Crippen LogP contribution in [-0.2, 0) is 12.2 Å². The molecule has 0 bridgehead atoms. The molecule has 2 aromatic heterocycles. The second-order valence-electron chi connectivity index (χ2n) is 6.29. The monoisotopic (exact) mass is 355 g/mol. The molecule has 1 N–H and O–H groups in total. The summed E-state index contributed by atoms with van der Waals surface area (Å²) in [5.41, 5.74) is 1.96. The maximum Gasteiger partial charge on any atom is 0.270 e. The van der Waals surface area contributed by atoms with Gasteiger partial charge >= 0.3 is 0 Å². The first-order chi connectivity index (χ1) is 12.8. The average molecular weight is 355 g/mol. The van der Waals surface area contributed by atoms with Crippen LogP contribution in [0.25, 0.3) is 11.4 Å². The van der Waals surface area contributed by atoms with Crippen LogP contribution in [-0.4, -0.2) is 56.0 Å². The number of rotatable bonds is 4. The van der Waals surface area contributed by atoms with Crippen LogP contribution in [0.5, 0.6) is 5.75 Å². The summed E-state index contributed by atoms with van der Waals surface area (Å²) in [6.07, 6.45) is 1.57. The quantitative estimate of drug-likeness (QED) is 0.660. The molecule has 11 heteroatoms. The van der Waals surface area contributed by atoms with Gasteiger partial charge in [0.05, 0.1) is 29.6 Å². The fourth-order valence-electron chi connectivity index (χ4n) is 2.81. The Morgan fingerprint density at radius 2 is 2.15 bits per heavy atom. The first-order valence-electron chi connectivity index (χ1n) is 8.10. The van der Waals surface area contributed by atoms with E-state index in [2.05, 4.69) is 20.6 Å². The number of carbonyl (C=O) groups is 1. The van der Waals surface area contributed by atoms with E-state index in [1.165, 1.54) is 4.68 Å². The summed E-state index contributed by atoms with van der Waals surface area (Å²) < 4.78 is 12.2. The van der Waals surface area contributed by atoms with Gasteiger partial charge in [-0.3, -0.25) is 9.48 Å². The number of nitrogens with zero attached hydrogens (tertiary/aromatic N) is 4. The number of hydrogen-bond acceptors (Lipinski definition) is 6. The molecule has 3 heterocycles. The Morgan fingerprint density at radius 1 is 1.33 bits per heavy atom. The number of hydrogen-bond donors (Lipinski definition) is 1. The Labute approximate surface area is 158 Å². The largest absolute Gasteiger partial charge is 0.491 e. The van der Waals surface area contributed by atoms with Gasteiger partial charge in [0.1, 0.15) is 18.1 Å².